The first kappa shape index (κ1) is 7.72. The highest BCUT2D eigenvalue weighted by atomic mass is 15.1. The molecule has 0 aliphatic rings. The number of aryl methyl sites for hydroxylation is 1. The van der Waals surface area contributed by atoms with Gasteiger partial charge in [0.05, 0.1) is 5.39 Å². The topological polar surface area (TPSA) is 90.7 Å². The molecule has 66 valence electrons. The van der Waals surface area contributed by atoms with Gasteiger partial charge in [-0.2, -0.15) is 9.97 Å². The summed E-state index contributed by atoms with van der Waals surface area (Å²) in [6, 6.07) is 1.89. The maximum absolute atomic E-state index is 5.65. The smallest absolute Gasteiger partial charge is 0.224 e. The first-order chi connectivity index (χ1) is 6.16. The average molecular weight is 175 g/mol. The summed E-state index contributed by atoms with van der Waals surface area (Å²) in [6.45, 7) is 1.93. The lowest BCUT2D eigenvalue weighted by molar-refractivity contribution is 1.19. The molecule has 0 aromatic carbocycles. The zero-order chi connectivity index (χ0) is 9.42. The van der Waals surface area contributed by atoms with Gasteiger partial charge in [0.15, 0.2) is 5.65 Å². The second-order valence-corrected chi connectivity index (χ2v) is 2.85. The number of pyridine rings is 1. The van der Waals surface area contributed by atoms with E-state index >= 15 is 0 Å². The van der Waals surface area contributed by atoms with Crippen LogP contribution in [0.1, 0.15) is 5.56 Å². The van der Waals surface area contributed by atoms with E-state index in [4.69, 9.17) is 11.5 Å². The van der Waals surface area contributed by atoms with E-state index in [1.807, 2.05) is 13.0 Å². The first-order valence-corrected chi connectivity index (χ1v) is 3.82. The molecular weight excluding hydrogens is 166 g/mol. The molecule has 0 aliphatic heterocycles. The highest BCUT2D eigenvalue weighted by Gasteiger charge is 2.03. The Labute approximate surface area is 74.8 Å². The zero-order valence-corrected chi connectivity index (χ0v) is 7.15. The van der Waals surface area contributed by atoms with Crippen molar-refractivity contribution in [3.8, 4) is 0 Å². The predicted molar refractivity (Wildman–Crippen MR) is 50.9 cm³/mol. The number of nitrogens with zero attached hydrogens (tertiary/aromatic N) is 3. The molecule has 0 unspecified atom stereocenters. The molecule has 0 radical (unpaired) electrons. The van der Waals surface area contributed by atoms with Crippen LogP contribution in [0.5, 0.6) is 0 Å². The molecule has 5 nitrogen and oxygen atoms in total. The Kier molecular flexibility index (Phi) is 1.51. The summed E-state index contributed by atoms with van der Waals surface area (Å²) in [5.41, 5.74) is 12.6. The van der Waals surface area contributed by atoms with Gasteiger partial charge >= 0.3 is 0 Å². The van der Waals surface area contributed by atoms with Crippen LogP contribution < -0.4 is 11.5 Å². The molecule has 0 saturated carbocycles. The van der Waals surface area contributed by atoms with E-state index in [1.165, 1.54) is 0 Å². The monoisotopic (exact) mass is 175 g/mol. The molecule has 4 N–H and O–H groups in total. The van der Waals surface area contributed by atoms with Gasteiger partial charge in [-0.25, -0.2) is 4.98 Å². The Morgan fingerprint density at radius 3 is 2.77 bits per heavy atom. The molecule has 0 saturated heterocycles. The van der Waals surface area contributed by atoms with E-state index in [1.54, 1.807) is 6.20 Å². The van der Waals surface area contributed by atoms with E-state index in [2.05, 4.69) is 15.0 Å². The highest BCUT2D eigenvalue weighted by Crippen LogP contribution is 2.17. The van der Waals surface area contributed by atoms with Gasteiger partial charge in [0.25, 0.3) is 0 Å². The number of fused-ring (bicyclic) bond motifs is 1. The largest absolute Gasteiger partial charge is 0.383 e. The van der Waals surface area contributed by atoms with Crippen LogP contribution in [0.3, 0.4) is 0 Å². The fraction of sp³-hybridized carbons (Fsp3) is 0.125. The van der Waals surface area contributed by atoms with Crippen LogP contribution in [-0.2, 0) is 0 Å². The number of anilines is 2. The molecular formula is C8H9N5. The van der Waals surface area contributed by atoms with Gasteiger partial charge in [-0.05, 0) is 18.6 Å². The van der Waals surface area contributed by atoms with Crippen molar-refractivity contribution in [3.05, 3.63) is 17.8 Å². The maximum Gasteiger partial charge on any atom is 0.224 e. The molecule has 0 amide bonds. The minimum Gasteiger partial charge on any atom is -0.383 e. The molecule has 2 aromatic rings. The fourth-order valence-electron chi connectivity index (χ4n) is 1.16. The Morgan fingerprint density at radius 1 is 1.23 bits per heavy atom. The summed E-state index contributed by atoms with van der Waals surface area (Å²) in [5.74, 6) is 0.528. The van der Waals surface area contributed by atoms with Gasteiger partial charge in [-0.15, -0.1) is 0 Å². The fourth-order valence-corrected chi connectivity index (χ4v) is 1.16. The van der Waals surface area contributed by atoms with Gasteiger partial charge in [-0.1, -0.05) is 0 Å². The summed E-state index contributed by atoms with van der Waals surface area (Å²) >= 11 is 0. The first-order valence-electron chi connectivity index (χ1n) is 3.82. The van der Waals surface area contributed by atoms with Crippen molar-refractivity contribution in [2.24, 2.45) is 0 Å². The molecule has 0 spiro atoms. The van der Waals surface area contributed by atoms with Crippen molar-refractivity contribution >= 4 is 22.8 Å². The van der Waals surface area contributed by atoms with Crippen LogP contribution in [0.25, 0.3) is 11.0 Å². The third kappa shape index (κ3) is 1.24. The number of rotatable bonds is 0. The van der Waals surface area contributed by atoms with Gasteiger partial charge < -0.3 is 11.5 Å². The lowest BCUT2D eigenvalue weighted by Gasteiger charge is -2.01. The van der Waals surface area contributed by atoms with Crippen LogP contribution >= 0.6 is 0 Å². The summed E-state index contributed by atoms with van der Waals surface area (Å²) in [4.78, 5) is 11.9. The summed E-state index contributed by atoms with van der Waals surface area (Å²) < 4.78 is 0. The van der Waals surface area contributed by atoms with E-state index < -0.39 is 0 Å². The molecule has 0 atom stereocenters. The van der Waals surface area contributed by atoms with Gasteiger partial charge in [-0.3, -0.25) is 0 Å². The van der Waals surface area contributed by atoms with Crippen LogP contribution in [0.2, 0.25) is 0 Å². The molecule has 0 fully saturated rings. The maximum atomic E-state index is 5.65. The van der Waals surface area contributed by atoms with E-state index in [0.29, 0.717) is 11.5 Å². The SMILES string of the molecule is Cc1cnc2nc(N)nc(N)c2c1. The lowest BCUT2D eigenvalue weighted by atomic mass is 10.2. The van der Waals surface area contributed by atoms with Crippen LogP contribution in [0.15, 0.2) is 12.3 Å². The number of hydrogen-bond donors (Lipinski definition) is 2. The summed E-state index contributed by atoms with van der Waals surface area (Å²) in [6.07, 6.45) is 1.72. The van der Waals surface area contributed by atoms with Crippen molar-refractivity contribution in [1.82, 2.24) is 15.0 Å². The predicted octanol–water partition coefficient (Wildman–Crippen LogP) is 0.498. The molecule has 2 heterocycles. The van der Waals surface area contributed by atoms with E-state index in [9.17, 15) is 0 Å². The third-order valence-electron chi connectivity index (χ3n) is 1.73. The lowest BCUT2D eigenvalue weighted by Crippen LogP contribution is -2.01. The standard InChI is InChI=1S/C8H9N5/c1-4-2-5-6(9)12-8(10)13-7(5)11-3-4/h2-3H,1H3,(H4,9,10,11,12,13). The third-order valence-corrected chi connectivity index (χ3v) is 1.73. The van der Waals surface area contributed by atoms with Crippen LogP contribution in [0, 0.1) is 6.92 Å². The van der Waals surface area contributed by atoms with E-state index in [-0.39, 0.29) is 5.95 Å². The summed E-state index contributed by atoms with van der Waals surface area (Å²) in [5, 5.41) is 0.745. The molecule has 2 rings (SSSR count). The summed E-state index contributed by atoms with van der Waals surface area (Å²) in [7, 11) is 0. The minimum absolute atomic E-state index is 0.154. The Hall–Kier alpha value is -1.91. The Bertz CT molecular complexity index is 465. The number of nitrogens with two attached hydrogens (primary N) is 2. The van der Waals surface area contributed by atoms with Crippen molar-refractivity contribution in [3.63, 3.8) is 0 Å². The molecule has 5 heteroatoms. The normalized spacial score (nSPS) is 10.5. The second kappa shape index (κ2) is 2.55. The van der Waals surface area contributed by atoms with Crippen molar-refractivity contribution in [2.75, 3.05) is 11.5 Å². The molecule has 0 aliphatic carbocycles. The molecule has 0 bridgehead atoms. The van der Waals surface area contributed by atoms with Crippen LogP contribution in [0.4, 0.5) is 11.8 Å². The number of aromatic nitrogens is 3. The second-order valence-electron chi connectivity index (χ2n) is 2.85. The highest BCUT2D eigenvalue weighted by molar-refractivity contribution is 5.86. The zero-order valence-electron chi connectivity index (χ0n) is 7.15. The molecule has 13 heavy (non-hydrogen) atoms. The Morgan fingerprint density at radius 2 is 2.00 bits per heavy atom. The van der Waals surface area contributed by atoms with Gasteiger partial charge in [0, 0.05) is 6.20 Å². The quantitative estimate of drug-likeness (QED) is 0.608. The van der Waals surface area contributed by atoms with Crippen molar-refractivity contribution in [1.29, 1.82) is 0 Å². The van der Waals surface area contributed by atoms with Crippen molar-refractivity contribution < 1.29 is 0 Å². The van der Waals surface area contributed by atoms with Crippen molar-refractivity contribution in [2.45, 2.75) is 6.92 Å². The number of hydrogen-bond acceptors (Lipinski definition) is 5. The van der Waals surface area contributed by atoms with Gasteiger partial charge in [0.2, 0.25) is 5.95 Å². The Balaban J connectivity index is 2.87. The van der Waals surface area contributed by atoms with Crippen LogP contribution in [-0.4, -0.2) is 15.0 Å². The van der Waals surface area contributed by atoms with Gasteiger partial charge in [0.1, 0.15) is 5.82 Å². The van der Waals surface area contributed by atoms with E-state index in [0.717, 1.165) is 10.9 Å². The number of nitrogen functional groups attached to an aromatic ring is 2. The average Bonchev–Trinajstić information content (AvgIpc) is 2.06. The molecule has 2 aromatic heterocycles. The minimum atomic E-state index is 0.154.